The predicted octanol–water partition coefficient (Wildman–Crippen LogP) is 7.18. The number of pyridine rings is 1. The minimum Gasteiger partial charge on any atom is -0.493 e. The molecule has 0 N–H and O–H groups in total. The number of amides is 1. The first kappa shape index (κ1) is 30.7. The third kappa shape index (κ3) is 7.13. The zero-order chi connectivity index (χ0) is 30.5. The van der Waals surface area contributed by atoms with Gasteiger partial charge >= 0.3 is 0 Å². The van der Waals surface area contributed by atoms with Crippen LogP contribution in [-0.2, 0) is 20.7 Å². The van der Waals surface area contributed by atoms with Crippen molar-refractivity contribution >= 4 is 34.2 Å². The number of likely N-dealkylation sites (tertiary alicyclic amines) is 1. The van der Waals surface area contributed by atoms with Crippen LogP contribution in [0, 0.1) is 11.3 Å². The number of hydrogen-bond acceptors (Lipinski definition) is 7. The number of halogens is 1. The van der Waals surface area contributed by atoms with Gasteiger partial charge in [0, 0.05) is 60.4 Å². The van der Waals surface area contributed by atoms with Crippen LogP contribution < -0.4 is 14.2 Å². The van der Waals surface area contributed by atoms with E-state index in [-0.39, 0.29) is 11.7 Å². The monoisotopic (exact) mass is 620 g/mol. The third-order valence-electron chi connectivity index (χ3n) is 9.47. The number of fused-ring (bicyclic) bond motifs is 1. The maximum Gasteiger partial charge on any atom is 0.222 e. The summed E-state index contributed by atoms with van der Waals surface area (Å²) in [5.74, 6) is 3.42. The molecule has 1 amide bonds. The molecule has 3 fully saturated rings. The summed E-state index contributed by atoms with van der Waals surface area (Å²) in [4.78, 5) is 31.7. The van der Waals surface area contributed by atoms with Gasteiger partial charge in [-0.15, -0.1) is 0 Å². The van der Waals surface area contributed by atoms with Crippen LogP contribution in [0.2, 0.25) is 5.02 Å². The minimum absolute atomic E-state index is 0.182. The molecule has 8 nitrogen and oxygen atoms in total. The van der Waals surface area contributed by atoms with E-state index in [4.69, 9.17) is 30.5 Å². The molecule has 1 aromatic heterocycles. The molecular formula is C35H41ClN2O6. The van der Waals surface area contributed by atoms with E-state index in [1.807, 2.05) is 29.2 Å². The van der Waals surface area contributed by atoms with Crippen LogP contribution in [0.3, 0.4) is 0 Å². The number of ketones is 1. The number of piperidine rings is 1. The van der Waals surface area contributed by atoms with Crippen molar-refractivity contribution in [2.24, 2.45) is 11.3 Å². The van der Waals surface area contributed by atoms with Crippen molar-refractivity contribution in [2.75, 3.05) is 40.0 Å². The van der Waals surface area contributed by atoms with E-state index in [1.165, 1.54) is 19.3 Å². The quantitative estimate of drug-likeness (QED) is 0.187. The first-order valence-electron chi connectivity index (χ1n) is 15.8. The van der Waals surface area contributed by atoms with Gasteiger partial charge in [0.2, 0.25) is 5.91 Å². The average Bonchev–Trinajstić information content (AvgIpc) is 2.99. The van der Waals surface area contributed by atoms with Crippen LogP contribution in [0.4, 0.5) is 0 Å². The summed E-state index contributed by atoms with van der Waals surface area (Å²) in [6, 6.07) is 10.9. The van der Waals surface area contributed by atoms with Crippen molar-refractivity contribution in [3.8, 4) is 23.0 Å². The summed E-state index contributed by atoms with van der Waals surface area (Å²) in [5.41, 5.74) is 1.82. The fourth-order valence-electron chi connectivity index (χ4n) is 6.27. The maximum absolute atomic E-state index is 12.7. The van der Waals surface area contributed by atoms with E-state index >= 15 is 0 Å². The molecule has 1 saturated carbocycles. The molecular weight excluding hydrogens is 580 g/mol. The van der Waals surface area contributed by atoms with Crippen molar-refractivity contribution in [3.05, 3.63) is 53.2 Å². The number of benzene rings is 2. The van der Waals surface area contributed by atoms with Gasteiger partial charge in [-0.25, -0.2) is 0 Å². The molecule has 0 atom stereocenters. The number of rotatable bonds is 13. The molecule has 0 radical (unpaired) electrons. The lowest BCUT2D eigenvalue weighted by Crippen LogP contribution is -2.52. The van der Waals surface area contributed by atoms with Crippen molar-refractivity contribution in [1.29, 1.82) is 0 Å². The number of hydrogen-bond donors (Lipinski definition) is 0. The van der Waals surface area contributed by atoms with Gasteiger partial charge < -0.3 is 23.8 Å². The largest absolute Gasteiger partial charge is 0.493 e. The Balaban J connectivity index is 1.04. The maximum atomic E-state index is 12.7. The first-order valence-corrected chi connectivity index (χ1v) is 16.2. The number of carbonyl (C=O) groups excluding carboxylic acids is 2. The number of nitrogens with zero attached hydrogens (tertiary/aromatic N) is 2. The Morgan fingerprint density at radius 1 is 1.05 bits per heavy atom. The second-order valence-corrected chi connectivity index (χ2v) is 13.0. The smallest absolute Gasteiger partial charge is 0.222 e. The van der Waals surface area contributed by atoms with E-state index in [9.17, 15) is 9.59 Å². The summed E-state index contributed by atoms with van der Waals surface area (Å²) in [6.45, 7) is 3.69. The highest BCUT2D eigenvalue weighted by molar-refractivity contribution is 6.31. The fraction of sp³-hybridized carbons (Fsp3) is 0.514. The molecule has 0 bridgehead atoms. The molecule has 234 valence electrons. The Hall–Kier alpha value is -3.36. The van der Waals surface area contributed by atoms with E-state index in [0.717, 1.165) is 62.4 Å². The Labute approximate surface area is 264 Å². The third-order valence-corrected chi connectivity index (χ3v) is 9.82. The molecule has 3 aliphatic rings. The molecule has 1 aliphatic carbocycles. The van der Waals surface area contributed by atoms with E-state index in [0.29, 0.717) is 71.2 Å². The van der Waals surface area contributed by atoms with Crippen molar-refractivity contribution in [3.63, 3.8) is 0 Å². The van der Waals surface area contributed by atoms with Gasteiger partial charge in [-0.3, -0.25) is 14.6 Å². The lowest BCUT2D eigenvalue weighted by molar-refractivity contribution is -0.153. The van der Waals surface area contributed by atoms with Crippen molar-refractivity contribution in [2.45, 2.75) is 64.2 Å². The normalized spacial score (nSPS) is 17.6. The lowest BCUT2D eigenvalue weighted by Gasteiger charge is -2.47. The topological polar surface area (TPSA) is 87.2 Å². The molecule has 3 heterocycles. The van der Waals surface area contributed by atoms with Gasteiger partial charge in [0.1, 0.15) is 17.3 Å². The number of ether oxygens (including phenoxy) is 4. The molecule has 9 heteroatoms. The first-order chi connectivity index (χ1) is 21.4. The van der Waals surface area contributed by atoms with Crippen LogP contribution in [0.15, 0.2) is 42.6 Å². The highest BCUT2D eigenvalue weighted by Crippen LogP contribution is 2.39. The molecule has 2 saturated heterocycles. The molecule has 2 aromatic carbocycles. The number of Topliss-reactive ketones (excluding diaryl/α,β-unsaturated/α-hetero) is 1. The molecule has 6 rings (SSSR count). The Kier molecular flexibility index (Phi) is 9.57. The minimum atomic E-state index is 0.182. The molecule has 1 spiro atoms. The standard InChI is InChI=1S/C35H41ClN2O6/c1-41-32-20-28-30(21-33(32)43-17-3-6-34(40)38-15-12-35(13-16-38)22-42-23-35)37-14-11-31(28)44-27-10-8-25(29(36)19-27)18-26(39)9-7-24-4-2-5-24/h8,10-11,14,19-21,24H,2-7,9,12-13,15-18,22-23H2,1H3. The highest BCUT2D eigenvalue weighted by atomic mass is 35.5. The zero-order valence-electron chi connectivity index (χ0n) is 25.4. The lowest BCUT2D eigenvalue weighted by atomic mass is 9.77. The summed E-state index contributed by atoms with van der Waals surface area (Å²) in [7, 11) is 1.59. The SMILES string of the molecule is COc1cc2c(Oc3ccc(CC(=O)CCC4CCC4)c(Cl)c3)ccnc2cc1OCCCC(=O)N1CCC2(CC1)COC2. The van der Waals surface area contributed by atoms with Gasteiger partial charge in [0.05, 0.1) is 32.4 Å². The number of aromatic nitrogens is 1. The van der Waals surface area contributed by atoms with Gasteiger partial charge in [-0.05, 0) is 61.4 Å². The molecule has 2 aliphatic heterocycles. The Morgan fingerprint density at radius 3 is 2.55 bits per heavy atom. The van der Waals surface area contributed by atoms with Crippen LogP contribution in [0.25, 0.3) is 10.9 Å². The van der Waals surface area contributed by atoms with E-state index in [1.54, 1.807) is 25.4 Å². The van der Waals surface area contributed by atoms with Crippen molar-refractivity contribution < 1.29 is 28.5 Å². The highest BCUT2D eigenvalue weighted by Gasteiger charge is 2.41. The Morgan fingerprint density at radius 2 is 1.86 bits per heavy atom. The predicted molar refractivity (Wildman–Crippen MR) is 169 cm³/mol. The van der Waals surface area contributed by atoms with Gasteiger partial charge in [-0.2, -0.15) is 0 Å². The second-order valence-electron chi connectivity index (χ2n) is 12.6. The average molecular weight is 621 g/mol. The second kappa shape index (κ2) is 13.7. The van der Waals surface area contributed by atoms with Crippen LogP contribution >= 0.6 is 11.6 Å². The summed E-state index contributed by atoms with van der Waals surface area (Å²) in [6.07, 6.45) is 10.5. The summed E-state index contributed by atoms with van der Waals surface area (Å²) in [5, 5.41) is 1.28. The van der Waals surface area contributed by atoms with E-state index < -0.39 is 0 Å². The Bertz CT molecular complexity index is 1490. The van der Waals surface area contributed by atoms with Crippen LogP contribution in [-0.4, -0.2) is 61.6 Å². The zero-order valence-corrected chi connectivity index (χ0v) is 26.2. The molecule has 3 aromatic rings. The van der Waals surface area contributed by atoms with Gasteiger partial charge in [-0.1, -0.05) is 36.9 Å². The van der Waals surface area contributed by atoms with Gasteiger partial charge in [0.15, 0.2) is 11.5 Å². The molecule has 0 unspecified atom stereocenters. The summed E-state index contributed by atoms with van der Waals surface area (Å²) >= 11 is 6.56. The fourth-order valence-corrected chi connectivity index (χ4v) is 6.51. The van der Waals surface area contributed by atoms with Gasteiger partial charge in [0.25, 0.3) is 0 Å². The van der Waals surface area contributed by atoms with Crippen LogP contribution in [0.1, 0.15) is 63.4 Å². The number of carbonyl (C=O) groups is 2. The molecule has 44 heavy (non-hydrogen) atoms. The number of methoxy groups -OCH3 is 1. The van der Waals surface area contributed by atoms with Crippen LogP contribution in [0.5, 0.6) is 23.0 Å². The van der Waals surface area contributed by atoms with Crippen molar-refractivity contribution in [1.82, 2.24) is 9.88 Å². The summed E-state index contributed by atoms with van der Waals surface area (Å²) < 4.78 is 23.3. The van der Waals surface area contributed by atoms with E-state index in [2.05, 4.69) is 4.98 Å².